The van der Waals surface area contributed by atoms with E-state index in [0.717, 1.165) is 27.6 Å². The summed E-state index contributed by atoms with van der Waals surface area (Å²) in [4.78, 5) is 4.40. The summed E-state index contributed by atoms with van der Waals surface area (Å²) in [6.45, 7) is 0. The minimum absolute atomic E-state index is 0.228. The van der Waals surface area contributed by atoms with E-state index >= 15 is 0 Å². The molecule has 0 atom stereocenters. The van der Waals surface area contributed by atoms with Gasteiger partial charge in [-0.25, -0.2) is 0 Å². The van der Waals surface area contributed by atoms with E-state index in [2.05, 4.69) is 17.1 Å². The molecule has 0 bridgehead atoms. The maximum absolute atomic E-state index is 10.7. The van der Waals surface area contributed by atoms with Crippen LogP contribution in [0.3, 0.4) is 0 Å². The maximum atomic E-state index is 10.7. The molecular formula is C21H15NO. The average molecular weight is 297 g/mol. The van der Waals surface area contributed by atoms with E-state index in [0.29, 0.717) is 5.52 Å². The number of pyridine rings is 1. The highest BCUT2D eigenvalue weighted by Crippen LogP contribution is 2.40. The highest BCUT2D eigenvalue weighted by Gasteiger charge is 2.14. The van der Waals surface area contributed by atoms with Crippen molar-refractivity contribution in [1.82, 2.24) is 4.98 Å². The molecule has 0 aliphatic heterocycles. The van der Waals surface area contributed by atoms with Crippen LogP contribution >= 0.6 is 0 Å². The van der Waals surface area contributed by atoms with Crippen molar-refractivity contribution in [3.8, 4) is 28.0 Å². The van der Waals surface area contributed by atoms with E-state index in [1.54, 1.807) is 6.20 Å². The van der Waals surface area contributed by atoms with Gasteiger partial charge in [0, 0.05) is 17.1 Å². The molecule has 0 unspecified atom stereocenters. The van der Waals surface area contributed by atoms with Gasteiger partial charge in [0.15, 0.2) is 0 Å². The van der Waals surface area contributed by atoms with Gasteiger partial charge in [-0.3, -0.25) is 4.98 Å². The third kappa shape index (κ3) is 2.34. The van der Waals surface area contributed by atoms with Gasteiger partial charge < -0.3 is 5.11 Å². The van der Waals surface area contributed by atoms with Gasteiger partial charge in [-0.2, -0.15) is 0 Å². The first-order valence-electron chi connectivity index (χ1n) is 7.56. The largest absolute Gasteiger partial charge is 0.505 e. The van der Waals surface area contributed by atoms with E-state index in [4.69, 9.17) is 0 Å². The molecule has 23 heavy (non-hydrogen) atoms. The number of phenols is 1. The molecule has 1 aromatic heterocycles. The molecule has 2 heteroatoms. The fourth-order valence-electron chi connectivity index (χ4n) is 2.92. The van der Waals surface area contributed by atoms with Crippen LogP contribution in [0.15, 0.2) is 85.1 Å². The lowest BCUT2D eigenvalue weighted by Crippen LogP contribution is -1.88. The first-order valence-corrected chi connectivity index (χ1v) is 7.56. The first-order chi connectivity index (χ1) is 11.3. The molecule has 4 aromatic rings. The summed E-state index contributed by atoms with van der Waals surface area (Å²) in [7, 11) is 0. The van der Waals surface area contributed by atoms with E-state index in [-0.39, 0.29) is 5.75 Å². The molecule has 0 radical (unpaired) electrons. The summed E-state index contributed by atoms with van der Waals surface area (Å²) in [6.07, 6.45) is 1.71. The Bertz CT molecular complexity index is 963. The Hall–Kier alpha value is -3.13. The van der Waals surface area contributed by atoms with Crippen molar-refractivity contribution in [2.75, 3.05) is 0 Å². The van der Waals surface area contributed by atoms with Crippen molar-refractivity contribution >= 4 is 10.9 Å². The average Bonchev–Trinajstić information content (AvgIpc) is 2.64. The number of hydrogen-bond acceptors (Lipinski definition) is 2. The molecule has 2 nitrogen and oxygen atoms in total. The van der Waals surface area contributed by atoms with Crippen LogP contribution < -0.4 is 0 Å². The van der Waals surface area contributed by atoms with Gasteiger partial charge in [0.1, 0.15) is 11.3 Å². The molecule has 1 N–H and O–H groups in total. The predicted octanol–water partition coefficient (Wildman–Crippen LogP) is 5.27. The maximum Gasteiger partial charge on any atom is 0.149 e. The Morgan fingerprint density at radius 1 is 0.652 bits per heavy atom. The quantitative estimate of drug-likeness (QED) is 0.546. The Balaban J connectivity index is 2.08. The number of nitrogens with zero attached hydrogens (tertiary/aromatic N) is 1. The number of aromatic hydroxyl groups is 1. The zero-order valence-electron chi connectivity index (χ0n) is 12.5. The van der Waals surface area contributed by atoms with Gasteiger partial charge in [0.2, 0.25) is 0 Å². The Morgan fingerprint density at radius 2 is 1.26 bits per heavy atom. The Kier molecular flexibility index (Phi) is 3.28. The highest BCUT2D eigenvalue weighted by molar-refractivity contribution is 6.02. The molecule has 0 aliphatic carbocycles. The van der Waals surface area contributed by atoms with Gasteiger partial charge in [-0.1, -0.05) is 66.7 Å². The van der Waals surface area contributed by atoms with E-state index in [1.807, 2.05) is 66.7 Å². The van der Waals surface area contributed by atoms with Crippen LogP contribution in [0, 0.1) is 0 Å². The summed E-state index contributed by atoms with van der Waals surface area (Å²) < 4.78 is 0. The summed E-state index contributed by atoms with van der Waals surface area (Å²) in [5.74, 6) is 0.228. The first kappa shape index (κ1) is 13.5. The lowest BCUT2D eigenvalue weighted by Gasteiger charge is -2.13. The Labute approximate surface area is 134 Å². The molecule has 0 fully saturated rings. The lowest BCUT2D eigenvalue weighted by molar-refractivity contribution is 0.482. The molecule has 0 saturated heterocycles. The zero-order chi connectivity index (χ0) is 15.6. The molecule has 0 aliphatic rings. The normalized spacial score (nSPS) is 10.8. The number of aromatic nitrogens is 1. The van der Waals surface area contributed by atoms with Crippen LogP contribution in [-0.2, 0) is 0 Å². The second-order valence-corrected chi connectivity index (χ2v) is 5.45. The molecule has 3 aromatic carbocycles. The van der Waals surface area contributed by atoms with Gasteiger partial charge in [0.05, 0.1) is 0 Å². The molecule has 0 saturated carbocycles. The predicted molar refractivity (Wildman–Crippen MR) is 94.3 cm³/mol. The summed E-state index contributed by atoms with van der Waals surface area (Å²) in [5, 5.41) is 11.7. The van der Waals surface area contributed by atoms with Crippen LogP contribution in [-0.4, -0.2) is 10.1 Å². The summed E-state index contributed by atoms with van der Waals surface area (Å²) >= 11 is 0. The number of hydrogen-bond donors (Lipinski definition) is 1. The number of benzene rings is 3. The molecule has 4 rings (SSSR count). The topological polar surface area (TPSA) is 33.1 Å². The SMILES string of the molecule is Oc1c(-c2ccccc2)cc(-c2ccccc2)c2cccnc12. The standard InChI is InChI=1S/C21H15NO/c23-21-19(16-10-5-2-6-11-16)14-18(15-8-3-1-4-9-15)17-12-7-13-22-20(17)21/h1-14,23H. The van der Waals surface area contributed by atoms with Crippen molar-refractivity contribution in [1.29, 1.82) is 0 Å². The number of rotatable bonds is 2. The number of fused-ring (bicyclic) bond motifs is 1. The molecule has 0 spiro atoms. The van der Waals surface area contributed by atoms with Crippen molar-refractivity contribution in [2.45, 2.75) is 0 Å². The van der Waals surface area contributed by atoms with E-state index < -0.39 is 0 Å². The van der Waals surface area contributed by atoms with Gasteiger partial charge >= 0.3 is 0 Å². The summed E-state index contributed by atoms with van der Waals surface area (Å²) in [6, 6.07) is 26.1. The van der Waals surface area contributed by atoms with Crippen molar-refractivity contribution in [2.24, 2.45) is 0 Å². The highest BCUT2D eigenvalue weighted by atomic mass is 16.3. The van der Waals surface area contributed by atoms with Crippen molar-refractivity contribution in [3.05, 3.63) is 85.1 Å². The smallest absolute Gasteiger partial charge is 0.149 e. The molecule has 0 amide bonds. The monoisotopic (exact) mass is 297 g/mol. The second-order valence-electron chi connectivity index (χ2n) is 5.45. The van der Waals surface area contributed by atoms with Gasteiger partial charge in [0.25, 0.3) is 0 Å². The van der Waals surface area contributed by atoms with Crippen LogP contribution in [0.2, 0.25) is 0 Å². The molecule has 1 heterocycles. The van der Waals surface area contributed by atoms with Crippen LogP contribution in [0.4, 0.5) is 0 Å². The zero-order valence-corrected chi connectivity index (χ0v) is 12.5. The third-order valence-corrected chi connectivity index (χ3v) is 4.04. The minimum Gasteiger partial charge on any atom is -0.505 e. The van der Waals surface area contributed by atoms with Gasteiger partial charge in [-0.15, -0.1) is 0 Å². The van der Waals surface area contributed by atoms with Crippen LogP contribution in [0.1, 0.15) is 0 Å². The fourth-order valence-corrected chi connectivity index (χ4v) is 2.92. The van der Waals surface area contributed by atoms with Crippen LogP contribution in [0.25, 0.3) is 33.2 Å². The van der Waals surface area contributed by atoms with Crippen molar-refractivity contribution in [3.63, 3.8) is 0 Å². The van der Waals surface area contributed by atoms with Gasteiger partial charge in [-0.05, 0) is 28.8 Å². The second kappa shape index (κ2) is 5.58. The van der Waals surface area contributed by atoms with Crippen molar-refractivity contribution < 1.29 is 5.11 Å². The molecule has 110 valence electrons. The fraction of sp³-hybridized carbons (Fsp3) is 0. The lowest BCUT2D eigenvalue weighted by atomic mass is 9.94. The number of phenolic OH excluding ortho intramolecular Hbond substituents is 1. The molecular weight excluding hydrogens is 282 g/mol. The van der Waals surface area contributed by atoms with Crippen LogP contribution in [0.5, 0.6) is 5.75 Å². The summed E-state index contributed by atoms with van der Waals surface area (Å²) in [5.41, 5.74) is 4.60. The third-order valence-electron chi connectivity index (χ3n) is 4.04. The Morgan fingerprint density at radius 3 is 1.91 bits per heavy atom. The minimum atomic E-state index is 0.228. The van der Waals surface area contributed by atoms with E-state index in [1.165, 1.54) is 0 Å². The van der Waals surface area contributed by atoms with E-state index in [9.17, 15) is 5.11 Å².